The van der Waals surface area contributed by atoms with Crippen LogP contribution in [-0.2, 0) is 9.53 Å². The molecule has 0 radical (unpaired) electrons. The van der Waals surface area contributed by atoms with Crippen LogP contribution in [0.4, 0.5) is 5.82 Å². The molecule has 2 rings (SSSR count). The highest BCUT2D eigenvalue weighted by atomic mass is 16.5. The molecule has 0 N–H and O–H groups in total. The van der Waals surface area contributed by atoms with Crippen LogP contribution in [0.5, 0.6) is 0 Å². The molecule has 2 heterocycles. The molecule has 1 atom stereocenters. The van der Waals surface area contributed by atoms with Crippen molar-refractivity contribution in [1.82, 2.24) is 9.97 Å². The zero-order valence-corrected chi connectivity index (χ0v) is 10.0. The van der Waals surface area contributed by atoms with E-state index in [1.807, 2.05) is 6.92 Å². The van der Waals surface area contributed by atoms with Crippen molar-refractivity contribution in [2.75, 3.05) is 24.6 Å². The summed E-state index contributed by atoms with van der Waals surface area (Å²) in [6, 6.07) is 0. The Hall–Kier alpha value is -1.65. The molecule has 0 amide bonds. The summed E-state index contributed by atoms with van der Waals surface area (Å²) < 4.78 is 5.06. The lowest BCUT2D eigenvalue weighted by atomic mass is 9.98. The number of hydrogen-bond donors (Lipinski definition) is 0. The molecule has 0 bridgehead atoms. The molecular weight excluding hydrogens is 218 g/mol. The molecule has 0 spiro atoms. The third-order valence-electron chi connectivity index (χ3n) is 2.91. The molecule has 0 unspecified atom stereocenters. The van der Waals surface area contributed by atoms with E-state index in [1.54, 1.807) is 18.6 Å². The number of hydrogen-bond acceptors (Lipinski definition) is 5. The number of nitrogens with zero attached hydrogens (tertiary/aromatic N) is 3. The number of carbonyl (C=O) groups excluding carboxylic acids is 1. The van der Waals surface area contributed by atoms with Gasteiger partial charge in [0.1, 0.15) is 5.82 Å². The van der Waals surface area contributed by atoms with E-state index < -0.39 is 0 Å². The minimum Gasteiger partial charge on any atom is -0.466 e. The maximum atomic E-state index is 11.7. The van der Waals surface area contributed by atoms with Crippen LogP contribution in [0.15, 0.2) is 18.6 Å². The van der Waals surface area contributed by atoms with Gasteiger partial charge >= 0.3 is 5.97 Å². The normalized spacial score (nSPS) is 20.1. The van der Waals surface area contributed by atoms with Crippen molar-refractivity contribution < 1.29 is 9.53 Å². The van der Waals surface area contributed by atoms with Crippen LogP contribution in [0.1, 0.15) is 19.8 Å². The van der Waals surface area contributed by atoms with Crippen molar-refractivity contribution in [1.29, 1.82) is 0 Å². The number of piperidine rings is 1. The quantitative estimate of drug-likeness (QED) is 0.738. The summed E-state index contributed by atoms with van der Waals surface area (Å²) in [5.74, 6) is 0.702. The summed E-state index contributed by atoms with van der Waals surface area (Å²) in [6.07, 6.45) is 6.93. The van der Waals surface area contributed by atoms with Crippen molar-refractivity contribution in [2.24, 2.45) is 5.92 Å². The number of ether oxygens (including phenoxy) is 1. The molecule has 1 aromatic rings. The second-order valence-corrected chi connectivity index (χ2v) is 4.10. The number of anilines is 1. The number of esters is 1. The zero-order chi connectivity index (χ0) is 12.1. The first kappa shape index (κ1) is 11.8. The monoisotopic (exact) mass is 235 g/mol. The van der Waals surface area contributed by atoms with E-state index in [4.69, 9.17) is 4.74 Å². The Morgan fingerprint density at radius 1 is 1.59 bits per heavy atom. The average Bonchev–Trinajstić information content (AvgIpc) is 2.40. The topological polar surface area (TPSA) is 55.3 Å². The van der Waals surface area contributed by atoms with Crippen LogP contribution >= 0.6 is 0 Å². The Bertz CT molecular complexity index is 369. The van der Waals surface area contributed by atoms with Gasteiger partial charge < -0.3 is 9.64 Å². The minimum absolute atomic E-state index is 0.0364. The van der Waals surface area contributed by atoms with Gasteiger partial charge in [0.2, 0.25) is 0 Å². The van der Waals surface area contributed by atoms with Gasteiger partial charge in [-0.15, -0.1) is 0 Å². The molecule has 1 fully saturated rings. The molecular formula is C12H17N3O2. The fourth-order valence-electron chi connectivity index (χ4n) is 2.09. The zero-order valence-electron chi connectivity index (χ0n) is 10.0. The van der Waals surface area contributed by atoms with Gasteiger partial charge in [-0.05, 0) is 19.8 Å². The molecule has 1 aliphatic heterocycles. The number of aromatic nitrogens is 2. The van der Waals surface area contributed by atoms with Gasteiger partial charge in [-0.1, -0.05) is 0 Å². The van der Waals surface area contributed by atoms with E-state index in [0.717, 1.165) is 25.2 Å². The SMILES string of the molecule is CCOC(=O)[C@H]1CCCN(c2cnccn2)C1. The van der Waals surface area contributed by atoms with Crippen molar-refractivity contribution >= 4 is 11.8 Å². The fourth-order valence-corrected chi connectivity index (χ4v) is 2.09. The molecule has 1 saturated heterocycles. The molecule has 0 aliphatic carbocycles. The molecule has 5 heteroatoms. The van der Waals surface area contributed by atoms with Crippen molar-refractivity contribution in [3.05, 3.63) is 18.6 Å². The van der Waals surface area contributed by atoms with E-state index in [0.29, 0.717) is 13.2 Å². The third-order valence-corrected chi connectivity index (χ3v) is 2.91. The van der Waals surface area contributed by atoms with Crippen molar-refractivity contribution in [3.63, 3.8) is 0 Å². The predicted octanol–water partition coefficient (Wildman–Crippen LogP) is 1.26. The molecule has 17 heavy (non-hydrogen) atoms. The number of rotatable bonds is 3. The van der Waals surface area contributed by atoms with E-state index in [1.165, 1.54) is 0 Å². The molecule has 92 valence electrons. The highest BCUT2D eigenvalue weighted by molar-refractivity contribution is 5.73. The lowest BCUT2D eigenvalue weighted by molar-refractivity contribution is -0.148. The summed E-state index contributed by atoms with van der Waals surface area (Å²) in [7, 11) is 0. The van der Waals surface area contributed by atoms with Crippen LogP contribution in [0.3, 0.4) is 0 Å². The lowest BCUT2D eigenvalue weighted by Crippen LogP contribution is -2.39. The van der Waals surface area contributed by atoms with E-state index in [2.05, 4.69) is 14.9 Å². The van der Waals surface area contributed by atoms with E-state index >= 15 is 0 Å². The van der Waals surface area contributed by atoms with Gasteiger partial charge in [-0.2, -0.15) is 0 Å². The summed E-state index contributed by atoms with van der Waals surface area (Å²) in [6.45, 7) is 3.88. The summed E-state index contributed by atoms with van der Waals surface area (Å²) in [4.78, 5) is 22.1. The Balaban J connectivity index is 2.00. The Morgan fingerprint density at radius 3 is 3.18 bits per heavy atom. The first-order chi connectivity index (χ1) is 8.31. The van der Waals surface area contributed by atoms with E-state index in [-0.39, 0.29) is 11.9 Å². The molecule has 1 aromatic heterocycles. The summed E-state index contributed by atoms with van der Waals surface area (Å²) in [5.41, 5.74) is 0. The second kappa shape index (κ2) is 5.61. The smallest absolute Gasteiger partial charge is 0.310 e. The van der Waals surface area contributed by atoms with Gasteiger partial charge in [0, 0.05) is 25.5 Å². The standard InChI is InChI=1S/C12H17N3O2/c1-2-17-12(16)10-4-3-7-15(9-10)11-8-13-5-6-14-11/h5-6,8,10H,2-4,7,9H2,1H3/t10-/m0/s1. The van der Waals surface area contributed by atoms with Gasteiger partial charge in [0.05, 0.1) is 18.7 Å². The molecule has 1 aliphatic rings. The maximum Gasteiger partial charge on any atom is 0.310 e. The van der Waals surface area contributed by atoms with Crippen LogP contribution in [0, 0.1) is 5.92 Å². The van der Waals surface area contributed by atoms with Crippen molar-refractivity contribution in [2.45, 2.75) is 19.8 Å². The Morgan fingerprint density at radius 2 is 2.47 bits per heavy atom. The van der Waals surface area contributed by atoms with Gasteiger partial charge in [-0.25, -0.2) is 4.98 Å². The van der Waals surface area contributed by atoms with Gasteiger partial charge in [0.15, 0.2) is 0 Å². The predicted molar refractivity (Wildman–Crippen MR) is 63.6 cm³/mol. The molecule has 0 saturated carbocycles. The van der Waals surface area contributed by atoms with Crippen LogP contribution in [-0.4, -0.2) is 35.6 Å². The molecule has 0 aromatic carbocycles. The summed E-state index contributed by atoms with van der Waals surface area (Å²) >= 11 is 0. The van der Waals surface area contributed by atoms with Gasteiger partial charge in [0.25, 0.3) is 0 Å². The van der Waals surface area contributed by atoms with Gasteiger partial charge in [-0.3, -0.25) is 9.78 Å². The lowest BCUT2D eigenvalue weighted by Gasteiger charge is -2.31. The van der Waals surface area contributed by atoms with E-state index in [9.17, 15) is 4.79 Å². The largest absolute Gasteiger partial charge is 0.466 e. The fraction of sp³-hybridized carbons (Fsp3) is 0.583. The maximum absolute atomic E-state index is 11.7. The Kier molecular flexibility index (Phi) is 3.90. The first-order valence-electron chi connectivity index (χ1n) is 5.99. The third kappa shape index (κ3) is 2.93. The van der Waals surface area contributed by atoms with Crippen LogP contribution < -0.4 is 4.90 Å². The van der Waals surface area contributed by atoms with Crippen LogP contribution in [0.25, 0.3) is 0 Å². The first-order valence-corrected chi connectivity index (χ1v) is 5.99. The Labute approximate surface area is 101 Å². The van der Waals surface area contributed by atoms with Crippen LogP contribution in [0.2, 0.25) is 0 Å². The average molecular weight is 235 g/mol. The highest BCUT2D eigenvalue weighted by Crippen LogP contribution is 2.21. The highest BCUT2D eigenvalue weighted by Gasteiger charge is 2.27. The van der Waals surface area contributed by atoms with Crippen molar-refractivity contribution in [3.8, 4) is 0 Å². The second-order valence-electron chi connectivity index (χ2n) is 4.10. The minimum atomic E-state index is -0.0962. The number of carbonyl (C=O) groups is 1. The molecule has 5 nitrogen and oxygen atoms in total. The summed E-state index contributed by atoms with van der Waals surface area (Å²) in [5, 5.41) is 0.